The highest BCUT2D eigenvalue weighted by molar-refractivity contribution is 5.91. The van der Waals surface area contributed by atoms with Crippen molar-refractivity contribution in [3.63, 3.8) is 0 Å². The fourth-order valence-electron chi connectivity index (χ4n) is 3.58. The molecule has 178 valence electrons. The predicted molar refractivity (Wildman–Crippen MR) is 127 cm³/mol. The second-order valence-corrected chi connectivity index (χ2v) is 10.0. The largest absolute Gasteiger partial charge is 0.478 e. The normalized spacial score (nSPS) is 14.5. The zero-order valence-electron chi connectivity index (χ0n) is 20.9. The van der Waals surface area contributed by atoms with Crippen molar-refractivity contribution in [2.45, 2.75) is 66.0 Å². The van der Waals surface area contributed by atoms with Crippen LogP contribution in [0.1, 0.15) is 52.7 Å². The Hall–Kier alpha value is -2.67. The highest BCUT2D eigenvalue weighted by Crippen LogP contribution is 2.29. The lowest BCUT2D eigenvalue weighted by Crippen LogP contribution is -2.60. The van der Waals surface area contributed by atoms with Crippen molar-refractivity contribution in [2.24, 2.45) is 5.41 Å². The number of nitrogens with one attached hydrogen (secondary N) is 2. The number of nitrogens with zero attached hydrogens (tertiary/aromatic N) is 1. The molecule has 0 saturated carbocycles. The number of rotatable bonds is 9. The summed E-state index contributed by atoms with van der Waals surface area (Å²) in [5.41, 5.74) is 1.23. The number of likely N-dealkylation sites (N-methyl/N-ethyl adjacent to an activating group) is 2. The fraction of sp³-hybridized carbons (Fsp3) is 0.560. The number of carboxylic acid groups (broad SMARTS) is 1. The van der Waals surface area contributed by atoms with Crippen LogP contribution in [0.15, 0.2) is 35.9 Å². The van der Waals surface area contributed by atoms with Crippen molar-refractivity contribution >= 4 is 17.8 Å². The number of benzene rings is 1. The van der Waals surface area contributed by atoms with Crippen LogP contribution in [-0.4, -0.2) is 60.5 Å². The van der Waals surface area contributed by atoms with Crippen LogP contribution in [0.3, 0.4) is 0 Å². The summed E-state index contributed by atoms with van der Waals surface area (Å²) in [4.78, 5) is 39.0. The van der Waals surface area contributed by atoms with Crippen molar-refractivity contribution in [3.8, 4) is 0 Å². The van der Waals surface area contributed by atoms with Crippen molar-refractivity contribution in [1.82, 2.24) is 15.5 Å². The van der Waals surface area contributed by atoms with E-state index >= 15 is 0 Å². The van der Waals surface area contributed by atoms with E-state index in [0.717, 1.165) is 11.1 Å². The smallest absolute Gasteiger partial charge is 0.331 e. The molecule has 2 atom stereocenters. The number of amides is 2. The van der Waals surface area contributed by atoms with Gasteiger partial charge >= 0.3 is 5.97 Å². The monoisotopic (exact) mass is 445 g/mol. The first-order valence-corrected chi connectivity index (χ1v) is 10.8. The van der Waals surface area contributed by atoms with E-state index in [1.165, 1.54) is 17.9 Å². The number of hydrogen-bond donors (Lipinski definition) is 3. The Morgan fingerprint density at radius 2 is 1.72 bits per heavy atom. The van der Waals surface area contributed by atoms with Gasteiger partial charge in [0.15, 0.2) is 0 Å². The summed E-state index contributed by atoms with van der Waals surface area (Å²) in [6.45, 7) is 13.3. The molecule has 1 aromatic rings. The molecule has 0 aliphatic carbocycles. The average Bonchev–Trinajstić information content (AvgIpc) is 2.68. The van der Waals surface area contributed by atoms with E-state index in [0.29, 0.717) is 0 Å². The summed E-state index contributed by atoms with van der Waals surface area (Å²) in [6.07, 6.45) is 1.49. The first-order chi connectivity index (χ1) is 14.6. The molecule has 0 aromatic heterocycles. The van der Waals surface area contributed by atoms with Gasteiger partial charge in [-0.2, -0.15) is 0 Å². The van der Waals surface area contributed by atoms with E-state index in [4.69, 9.17) is 5.11 Å². The van der Waals surface area contributed by atoms with Crippen LogP contribution < -0.4 is 10.6 Å². The summed E-state index contributed by atoms with van der Waals surface area (Å²) >= 11 is 0. The third-order valence-electron chi connectivity index (χ3n) is 5.82. The van der Waals surface area contributed by atoms with Gasteiger partial charge in [0.05, 0.1) is 6.04 Å². The Kier molecular flexibility index (Phi) is 9.21. The first-order valence-electron chi connectivity index (χ1n) is 10.8. The minimum atomic E-state index is -1.03. The molecule has 0 aliphatic rings. The number of hydrogen-bond acceptors (Lipinski definition) is 4. The molecule has 0 spiro atoms. The number of aryl methyl sites for hydroxylation is 1. The Morgan fingerprint density at radius 3 is 2.19 bits per heavy atom. The molecule has 0 bridgehead atoms. The van der Waals surface area contributed by atoms with Crippen LogP contribution in [0, 0.1) is 12.3 Å². The minimum absolute atomic E-state index is 0.143. The topological polar surface area (TPSA) is 98.7 Å². The van der Waals surface area contributed by atoms with E-state index in [2.05, 4.69) is 16.7 Å². The second kappa shape index (κ2) is 10.8. The third-order valence-corrected chi connectivity index (χ3v) is 5.82. The van der Waals surface area contributed by atoms with Gasteiger partial charge in [0.2, 0.25) is 11.8 Å². The lowest BCUT2D eigenvalue weighted by atomic mass is 9.76. The Balaban J connectivity index is 3.14. The second-order valence-electron chi connectivity index (χ2n) is 10.0. The maximum absolute atomic E-state index is 13.4. The molecular formula is C25H39N3O4. The summed E-state index contributed by atoms with van der Waals surface area (Å²) in [5.74, 6) is -1.57. The van der Waals surface area contributed by atoms with Gasteiger partial charge in [-0.15, -0.1) is 0 Å². The maximum atomic E-state index is 13.4. The Bertz CT molecular complexity index is 868. The van der Waals surface area contributed by atoms with E-state index in [1.807, 2.05) is 59.7 Å². The molecule has 2 amide bonds. The summed E-state index contributed by atoms with van der Waals surface area (Å²) in [7, 11) is 3.34. The van der Waals surface area contributed by atoms with Crippen LogP contribution in [0.5, 0.6) is 0 Å². The summed E-state index contributed by atoms with van der Waals surface area (Å²) in [6, 6.07) is 6.71. The molecule has 0 fully saturated rings. The summed E-state index contributed by atoms with van der Waals surface area (Å²) in [5, 5.41) is 15.1. The molecular weight excluding hydrogens is 406 g/mol. The van der Waals surface area contributed by atoms with Crippen molar-refractivity contribution < 1.29 is 19.5 Å². The first kappa shape index (κ1) is 27.4. The van der Waals surface area contributed by atoms with Crippen molar-refractivity contribution in [2.75, 3.05) is 20.6 Å². The van der Waals surface area contributed by atoms with Crippen molar-refractivity contribution in [1.29, 1.82) is 0 Å². The van der Waals surface area contributed by atoms with Gasteiger partial charge in [-0.05, 0) is 31.9 Å². The van der Waals surface area contributed by atoms with E-state index in [-0.39, 0.29) is 23.9 Å². The molecule has 7 heteroatoms. The number of aliphatic carboxylic acids is 1. The van der Waals surface area contributed by atoms with Gasteiger partial charge in [-0.25, -0.2) is 4.79 Å². The number of carboxylic acids is 1. The average molecular weight is 446 g/mol. The quantitative estimate of drug-likeness (QED) is 0.508. The highest BCUT2D eigenvalue weighted by atomic mass is 16.4. The molecule has 1 aromatic carbocycles. The Morgan fingerprint density at radius 1 is 1.12 bits per heavy atom. The Labute approximate surface area is 192 Å². The zero-order chi connectivity index (χ0) is 24.9. The standard InChI is InChI=1S/C25H39N3O4/c1-16-11-10-12-18(15-16)25(6,7)19(26-8)21(29)27-20(24(3,4)5)22(30)28(9)14-13-17(2)23(31)32/h10-13,15,19-20,26H,14H2,1-9H3,(H,27,29)(H,31,32)/b17-13+/t19-,20?/m1/s1. The molecule has 3 N–H and O–H groups in total. The SMILES string of the molecule is CN[C@H](C(=O)NC(C(=O)N(C)C/C=C(\C)C(=O)O)C(C)(C)C)C(C)(C)c1cccc(C)c1. The van der Waals surface area contributed by atoms with Gasteiger partial charge in [0, 0.05) is 24.6 Å². The van der Waals surface area contributed by atoms with E-state index < -0.39 is 28.9 Å². The fourth-order valence-corrected chi connectivity index (χ4v) is 3.58. The van der Waals surface area contributed by atoms with E-state index in [9.17, 15) is 14.4 Å². The molecule has 0 saturated heterocycles. The predicted octanol–water partition coefficient (Wildman–Crippen LogP) is 2.88. The highest BCUT2D eigenvalue weighted by Gasteiger charge is 2.40. The summed E-state index contributed by atoms with van der Waals surface area (Å²) < 4.78 is 0. The van der Waals surface area contributed by atoms with Crippen LogP contribution in [-0.2, 0) is 19.8 Å². The van der Waals surface area contributed by atoms with Gasteiger partial charge in [0.1, 0.15) is 6.04 Å². The molecule has 32 heavy (non-hydrogen) atoms. The molecule has 0 heterocycles. The molecule has 7 nitrogen and oxygen atoms in total. The zero-order valence-corrected chi connectivity index (χ0v) is 20.9. The molecule has 0 radical (unpaired) electrons. The minimum Gasteiger partial charge on any atom is -0.478 e. The number of carbonyl (C=O) groups is 3. The lowest BCUT2D eigenvalue weighted by molar-refractivity contribution is -0.139. The molecule has 0 aliphatic heterocycles. The van der Waals surface area contributed by atoms with Crippen LogP contribution in [0.4, 0.5) is 0 Å². The van der Waals surface area contributed by atoms with Crippen molar-refractivity contribution in [3.05, 3.63) is 47.0 Å². The maximum Gasteiger partial charge on any atom is 0.331 e. The van der Waals surface area contributed by atoms with Gasteiger partial charge in [-0.1, -0.05) is 70.5 Å². The molecule has 1 unspecified atom stereocenters. The van der Waals surface area contributed by atoms with E-state index in [1.54, 1.807) is 14.1 Å². The van der Waals surface area contributed by atoms with Crippen LogP contribution in [0.2, 0.25) is 0 Å². The molecule has 1 rings (SSSR count). The van der Waals surface area contributed by atoms with Crippen LogP contribution >= 0.6 is 0 Å². The third kappa shape index (κ3) is 6.92. The van der Waals surface area contributed by atoms with Crippen LogP contribution in [0.25, 0.3) is 0 Å². The van der Waals surface area contributed by atoms with Gasteiger partial charge in [0.25, 0.3) is 0 Å². The van der Waals surface area contributed by atoms with Gasteiger partial charge in [-0.3, -0.25) is 9.59 Å². The lowest BCUT2D eigenvalue weighted by Gasteiger charge is -2.38. The number of carbonyl (C=O) groups excluding carboxylic acids is 2. The van der Waals surface area contributed by atoms with Gasteiger partial charge < -0.3 is 20.6 Å².